The van der Waals surface area contributed by atoms with Gasteiger partial charge < -0.3 is 15.6 Å². The molecule has 0 amide bonds. The molecule has 1 aliphatic heterocycles. The molecule has 1 saturated heterocycles. The van der Waals surface area contributed by atoms with Crippen molar-refractivity contribution >= 4 is 0 Å². The minimum absolute atomic E-state index is 0.0891. The van der Waals surface area contributed by atoms with Gasteiger partial charge in [-0.3, -0.25) is 0 Å². The molecule has 0 bridgehead atoms. The number of ether oxygens (including phenoxy) is 1. The summed E-state index contributed by atoms with van der Waals surface area (Å²) in [6.07, 6.45) is 0.519. The number of hydrogen-bond acceptors (Lipinski definition) is 3. The van der Waals surface area contributed by atoms with Gasteiger partial charge in [0.15, 0.2) is 0 Å². The van der Waals surface area contributed by atoms with Gasteiger partial charge in [-0.1, -0.05) is 0 Å². The number of nitrogens with two attached hydrogens (primary N) is 1. The van der Waals surface area contributed by atoms with E-state index in [0.717, 1.165) is 6.42 Å². The maximum atomic E-state index is 9.05. The highest BCUT2D eigenvalue weighted by Gasteiger charge is 2.23. The van der Waals surface area contributed by atoms with E-state index in [4.69, 9.17) is 15.6 Å². The quantitative estimate of drug-likeness (QED) is 0.465. The van der Waals surface area contributed by atoms with Crippen molar-refractivity contribution in [1.82, 2.24) is 0 Å². The van der Waals surface area contributed by atoms with E-state index in [-0.39, 0.29) is 12.1 Å². The van der Waals surface area contributed by atoms with Crippen LogP contribution in [0, 0.1) is 0 Å². The zero-order chi connectivity index (χ0) is 6.85. The lowest BCUT2D eigenvalue weighted by atomic mass is 10.0. The van der Waals surface area contributed by atoms with Crippen LogP contribution in [0.4, 0.5) is 0 Å². The summed E-state index contributed by atoms with van der Waals surface area (Å²) in [4.78, 5) is 0. The van der Waals surface area contributed by atoms with Crippen LogP contribution in [0.2, 0.25) is 0 Å². The van der Waals surface area contributed by atoms with Crippen LogP contribution in [0.25, 0.3) is 0 Å². The molecule has 3 N–H and O–H groups in total. The van der Waals surface area contributed by atoms with Gasteiger partial charge >= 0.3 is 0 Å². The predicted octanol–water partition coefficient (Wildman–Crippen LogP) is -0.517. The van der Waals surface area contributed by atoms with Crippen LogP contribution >= 0.6 is 0 Å². The maximum absolute atomic E-state index is 9.05. The Labute approximate surface area is 54.8 Å². The predicted molar refractivity (Wildman–Crippen MR) is 34.0 cm³/mol. The van der Waals surface area contributed by atoms with E-state index in [1.807, 2.05) is 6.92 Å². The fourth-order valence-electron chi connectivity index (χ4n) is 0.995. The van der Waals surface area contributed by atoms with Gasteiger partial charge in [0.1, 0.15) is 0 Å². The lowest BCUT2D eigenvalue weighted by Gasteiger charge is -2.28. The van der Waals surface area contributed by atoms with Gasteiger partial charge in [-0.25, -0.2) is 0 Å². The topological polar surface area (TPSA) is 55.5 Å². The average molecular weight is 131 g/mol. The van der Waals surface area contributed by atoms with Gasteiger partial charge in [0, 0.05) is 6.04 Å². The summed E-state index contributed by atoms with van der Waals surface area (Å²) >= 11 is 0. The molecule has 1 fully saturated rings. The van der Waals surface area contributed by atoms with E-state index in [9.17, 15) is 0 Å². The van der Waals surface area contributed by atoms with Crippen molar-refractivity contribution in [3.8, 4) is 0 Å². The molecule has 3 heteroatoms. The normalized spacial score (nSPS) is 45.0. The number of aliphatic hydroxyl groups is 1. The van der Waals surface area contributed by atoms with Crippen LogP contribution in [0.15, 0.2) is 0 Å². The summed E-state index contributed by atoms with van der Waals surface area (Å²) in [5, 5.41) is 9.05. The van der Waals surface area contributed by atoms with Gasteiger partial charge in [-0.05, 0) is 13.3 Å². The molecule has 0 saturated carbocycles. The summed E-state index contributed by atoms with van der Waals surface area (Å²) in [5.41, 5.74) is 5.54. The molecule has 1 aliphatic rings. The Morgan fingerprint density at radius 1 is 1.67 bits per heavy atom. The summed E-state index contributed by atoms with van der Waals surface area (Å²) < 4.78 is 5.13. The zero-order valence-electron chi connectivity index (χ0n) is 5.58. The number of aliphatic hydroxyl groups excluding tert-OH is 1. The molecule has 9 heavy (non-hydrogen) atoms. The van der Waals surface area contributed by atoms with Gasteiger partial charge in [0.05, 0.1) is 18.8 Å². The fraction of sp³-hybridized carbons (Fsp3) is 1.00. The van der Waals surface area contributed by atoms with E-state index >= 15 is 0 Å². The standard InChI is InChI=1S/C6H13NO2/c1-4-2-5(7)6(8)3-9-4/h4-6,8H,2-3,7H2,1H3. The number of rotatable bonds is 0. The highest BCUT2D eigenvalue weighted by Crippen LogP contribution is 2.11. The molecular formula is C6H13NO2. The molecule has 0 spiro atoms. The molecule has 1 rings (SSSR count). The van der Waals surface area contributed by atoms with Crippen molar-refractivity contribution in [3.63, 3.8) is 0 Å². The van der Waals surface area contributed by atoms with E-state index in [1.165, 1.54) is 0 Å². The monoisotopic (exact) mass is 131 g/mol. The second-order valence-electron chi connectivity index (χ2n) is 2.61. The smallest absolute Gasteiger partial charge is 0.0925 e. The van der Waals surface area contributed by atoms with Gasteiger partial charge in [0.25, 0.3) is 0 Å². The zero-order valence-corrected chi connectivity index (χ0v) is 5.58. The Balaban J connectivity index is 2.35. The Morgan fingerprint density at radius 3 is 2.78 bits per heavy atom. The maximum Gasteiger partial charge on any atom is 0.0925 e. The summed E-state index contributed by atoms with van der Waals surface area (Å²) in [6, 6.07) is -0.0891. The molecular weight excluding hydrogens is 118 g/mol. The van der Waals surface area contributed by atoms with Crippen LogP contribution in [0.1, 0.15) is 13.3 Å². The molecule has 3 atom stereocenters. The SMILES string of the molecule is CC1CC(N)C(O)CO1. The second-order valence-corrected chi connectivity index (χ2v) is 2.61. The molecule has 3 nitrogen and oxygen atoms in total. The molecule has 0 aromatic rings. The number of hydrogen-bond donors (Lipinski definition) is 2. The van der Waals surface area contributed by atoms with Crippen LogP contribution in [0.3, 0.4) is 0 Å². The van der Waals surface area contributed by atoms with Crippen LogP contribution in [-0.2, 0) is 4.74 Å². The lowest BCUT2D eigenvalue weighted by Crippen LogP contribution is -2.45. The van der Waals surface area contributed by atoms with Crippen molar-refractivity contribution in [2.24, 2.45) is 5.73 Å². The summed E-state index contributed by atoms with van der Waals surface area (Å²) in [6.45, 7) is 2.36. The third kappa shape index (κ3) is 1.64. The molecule has 54 valence electrons. The fourth-order valence-corrected chi connectivity index (χ4v) is 0.995. The third-order valence-electron chi connectivity index (χ3n) is 1.65. The highest BCUT2D eigenvalue weighted by molar-refractivity contribution is 4.78. The van der Waals surface area contributed by atoms with E-state index < -0.39 is 6.10 Å². The van der Waals surface area contributed by atoms with Crippen molar-refractivity contribution < 1.29 is 9.84 Å². The van der Waals surface area contributed by atoms with Crippen LogP contribution in [0.5, 0.6) is 0 Å². The Bertz CT molecular complexity index is 97.1. The molecule has 3 unspecified atom stereocenters. The van der Waals surface area contributed by atoms with Gasteiger partial charge in [-0.2, -0.15) is 0 Å². The Kier molecular flexibility index (Phi) is 2.05. The molecule has 0 aliphatic carbocycles. The summed E-state index contributed by atoms with van der Waals surface area (Å²) in [7, 11) is 0. The molecule has 1 heterocycles. The molecule has 0 aromatic heterocycles. The van der Waals surface area contributed by atoms with Crippen LogP contribution in [-0.4, -0.2) is 30.0 Å². The first-order chi connectivity index (χ1) is 4.20. The van der Waals surface area contributed by atoms with Crippen molar-refractivity contribution in [2.45, 2.75) is 31.6 Å². The first-order valence-corrected chi connectivity index (χ1v) is 3.25. The van der Waals surface area contributed by atoms with E-state index in [2.05, 4.69) is 0 Å². The van der Waals surface area contributed by atoms with Crippen molar-refractivity contribution in [1.29, 1.82) is 0 Å². The minimum Gasteiger partial charge on any atom is -0.389 e. The van der Waals surface area contributed by atoms with Gasteiger partial charge in [0.2, 0.25) is 0 Å². The second kappa shape index (κ2) is 2.64. The van der Waals surface area contributed by atoms with Crippen LogP contribution < -0.4 is 5.73 Å². The van der Waals surface area contributed by atoms with Gasteiger partial charge in [-0.15, -0.1) is 0 Å². The van der Waals surface area contributed by atoms with Crippen molar-refractivity contribution in [2.75, 3.05) is 6.61 Å². The lowest BCUT2D eigenvalue weighted by molar-refractivity contribution is -0.0584. The average Bonchev–Trinajstić information content (AvgIpc) is 1.80. The molecule has 0 aromatic carbocycles. The molecule has 0 radical (unpaired) electrons. The van der Waals surface area contributed by atoms with Crippen molar-refractivity contribution in [3.05, 3.63) is 0 Å². The first-order valence-electron chi connectivity index (χ1n) is 3.25. The largest absolute Gasteiger partial charge is 0.389 e. The summed E-state index contributed by atoms with van der Waals surface area (Å²) in [5.74, 6) is 0. The van der Waals surface area contributed by atoms with E-state index in [1.54, 1.807) is 0 Å². The third-order valence-corrected chi connectivity index (χ3v) is 1.65. The Morgan fingerprint density at radius 2 is 2.33 bits per heavy atom. The Hall–Kier alpha value is -0.120. The van der Waals surface area contributed by atoms with E-state index in [0.29, 0.717) is 6.61 Å². The highest BCUT2D eigenvalue weighted by atomic mass is 16.5. The minimum atomic E-state index is -0.457. The first kappa shape index (κ1) is 6.99.